The summed E-state index contributed by atoms with van der Waals surface area (Å²) in [6, 6.07) is 18.4. The summed E-state index contributed by atoms with van der Waals surface area (Å²) in [6.45, 7) is 3.53. The van der Waals surface area contributed by atoms with Gasteiger partial charge < -0.3 is 10.1 Å². The topological polar surface area (TPSA) is 21.3 Å². The summed E-state index contributed by atoms with van der Waals surface area (Å²) in [5, 5.41) is 3.37. The molecule has 0 aromatic heterocycles. The highest BCUT2D eigenvalue weighted by atomic mass is 16.5. The average Bonchev–Trinajstić information content (AvgIpc) is 2.40. The number of rotatable bonds is 5. The van der Waals surface area contributed by atoms with Gasteiger partial charge in [-0.05, 0) is 36.8 Å². The van der Waals surface area contributed by atoms with Crippen LogP contribution in [0.25, 0.3) is 0 Å². The molecule has 0 aliphatic carbocycles. The van der Waals surface area contributed by atoms with Gasteiger partial charge in [-0.3, -0.25) is 0 Å². The van der Waals surface area contributed by atoms with Crippen LogP contribution < -0.4 is 10.1 Å². The van der Waals surface area contributed by atoms with E-state index in [1.165, 1.54) is 5.56 Å². The molecule has 88 valence electrons. The van der Waals surface area contributed by atoms with Gasteiger partial charge in [-0.25, -0.2) is 0 Å². The van der Waals surface area contributed by atoms with Gasteiger partial charge in [0.05, 0.1) is 6.61 Å². The number of hydrogen-bond acceptors (Lipinski definition) is 2. The van der Waals surface area contributed by atoms with E-state index in [2.05, 4.69) is 29.6 Å². The lowest BCUT2D eigenvalue weighted by Crippen LogP contribution is -1.99. The van der Waals surface area contributed by atoms with Crippen molar-refractivity contribution in [3.05, 3.63) is 60.2 Å². The van der Waals surface area contributed by atoms with Crippen LogP contribution in [-0.4, -0.2) is 6.61 Å². The maximum absolute atomic E-state index is 5.40. The van der Waals surface area contributed by atoms with Gasteiger partial charge >= 0.3 is 0 Å². The normalized spacial score (nSPS) is 9.94. The number of anilines is 1. The molecular weight excluding hydrogens is 210 g/mol. The lowest BCUT2D eigenvalue weighted by Gasteiger charge is -2.07. The molecule has 2 aromatic carbocycles. The van der Waals surface area contributed by atoms with Crippen molar-refractivity contribution < 1.29 is 4.74 Å². The van der Waals surface area contributed by atoms with E-state index in [-0.39, 0.29) is 0 Å². The van der Waals surface area contributed by atoms with Gasteiger partial charge in [-0.15, -0.1) is 0 Å². The van der Waals surface area contributed by atoms with Crippen LogP contribution in [0.5, 0.6) is 5.75 Å². The van der Waals surface area contributed by atoms with E-state index < -0.39 is 0 Å². The number of hydrogen-bond donors (Lipinski definition) is 1. The highest BCUT2D eigenvalue weighted by molar-refractivity contribution is 5.43. The van der Waals surface area contributed by atoms with Crippen LogP contribution in [0, 0.1) is 0 Å². The lowest BCUT2D eigenvalue weighted by atomic mass is 10.2. The summed E-state index contributed by atoms with van der Waals surface area (Å²) in [4.78, 5) is 0. The van der Waals surface area contributed by atoms with Gasteiger partial charge in [0, 0.05) is 12.2 Å². The molecule has 0 amide bonds. The molecule has 2 aromatic rings. The van der Waals surface area contributed by atoms with Gasteiger partial charge in [-0.2, -0.15) is 0 Å². The molecule has 0 aliphatic rings. The smallest absolute Gasteiger partial charge is 0.119 e. The fourth-order valence-electron chi connectivity index (χ4n) is 1.63. The maximum atomic E-state index is 5.40. The predicted molar refractivity (Wildman–Crippen MR) is 71.4 cm³/mol. The van der Waals surface area contributed by atoms with Crippen molar-refractivity contribution in [3.8, 4) is 5.75 Å². The van der Waals surface area contributed by atoms with Crippen LogP contribution in [0.1, 0.15) is 12.5 Å². The van der Waals surface area contributed by atoms with Crippen LogP contribution in [0.4, 0.5) is 5.69 Å². The summed E-state index contributed by atoms with van der Waals surface area (Å²) in [6.07, 6.45) is 0. The van der Waals surface area contributed by atoms with Gasteiger partial charge in [0.2, 0.25) is 0 Å². The third-order valence-corrected chi connectivity index (χ3v) is 2.50. The van der Waals surface area contributed by atoms with Crippen molar-refractivity contribution in [2.24, 2.45) is 0 Å². The standard InChI is InChI=1S/C15H17NO/c1-2-17-15-10-8-13(9-11-15)12-16-14-6-4-3-5-7-14/h3-11,16H,2,12H2,1H3. The molecule has 0 aliphatic heterocycles. The minimum absolute atomic E-state index is 0.710. The van der Waals surface area contributed by atoms with Gasteiger partial charge in [0.1, 0.15) is 5.75 Å². The molecule has 17 heavy (non-hydrogen) atoms. The van der Waals surface area contributed by atoms with Crippen molar-refractivity contribution in [3.63, 3.8) is 0 Å². The summed E-state index contributed by atoms with van der Waals surface area (Å²) < 4.78 is 5.40. The molecule has 0 bridgehead atoms. The SMILES string of the molecule is CCOc1ccc(CNc2ccccc2)cc1. The Morgan fingerprint density at radius 1 is 0.941 bits per heavy atom. The Morgan fingerprint density at radius 3 is 2.29 bits per heavy atom. The minimum Gasteiger partial charge on any atom is -0.494 e. The van der Waals surface area contributed by atoms with Crippen molar-refractivity contribution >= 4 is 5.69 Å². The molecular formula is C15H17NO. The van der Waals surface area contributed by atoms with E-state index in [0.29, 0.717) is 6.61 Å². The van der Waals surface area contributed by atoms with E-state index in [1.807, 2.05) is 37.3 Å². The second kappa shape index (κ2) is 5.94. The molecule has 0 fully saturated rings. The van der Waals surface area contributed by atoms with Crippen molar-refractivity contribution in [2.45, 2.75) is 13.5 Å². The largest absolute Gasteiger partial charge is 0.494 e. The van der Waals surface area contributed by atoms with E-state index in [4.69, 9.17) is 4.74 Å². The first-order valence-electron chi connectivity index (χ1n) is 5.89. The van der Waals surface area contributed by atoms with Gasteiger partial charge in [0.25, 0.3) is 0 Å². The lowest BCUT2D eigenvalue weighted by molar-refractivity contribution is 0.340. The summed E-state index contributed by atoms with van der Waals surface area (Å²) in [5.74, 6) is 0.927. The monoisotopic (exact) mass is 227 g/mol. The van der Waals surface area contributed by atoms with Crippen molar-refractivity contribution in [1.29, 1.82) is 0 Å². The van der Waals surface area contributed by atoms with Crippen LogP contribution in [-0.2, 0) is 6.54 Å². The highest BCUT2D eigenvalue weighted by Gasteiger charge is 1.95. The fraction of sp³-hybridized carbons (Fsp3) is 0.200. The molecule has 0 saturated heterocycles. The zero-order valence-electron chi connectivity index (χ0n) is 10.0. The Morgan fingerprint density at radius 2 is 1.65 bits per heavy atom. The molecule has 1 N–H and O–H groups in total. The first-order chi connectivity index (χ1) is 8.38. The summed E-state index contributed by atoms with van der Waals surface area (Å²) >= 11 is 0. The Kier molecular flexibility index (Phi) is 4.03. The molecule has 0 saturated carbocycles. The van der Waals surface area contributed by atoms with Crippen LogP contribution >= 0.6 is 0 Å². The number of benzene rings is 2. The van der Waals surface area contributed by atoms with E-state index in [9.17, 15) is 0 Å². The Hall–Kier alpha value is -1.96. The van der Waals surface area contributed by atoms with Crippen LogP contribution in [0.3, 0.4) is 0 Å². The first kappa shape index (κ1) is 11.5. The maximum Gasteiger partial charge on any atom is 0.119 e. The third-order valence-electron chi connectivity index (χ3n) is 2.50. The molecule has 0 heterocycles. The Balaban J connectivity index is 1.91. The predicted octanol–water partition coefficient (Wildman–Crippen LogP) is 3.70. The second-order valence-electron chi connectivity index (χ2n) is 3.80. The summed E-state index contributed by atoms with van der Waals surface area (Å²) in [5.41, 5.74) is 2.39. The van der Waals surface area contributed by atoms with Crippen molar-refractivity contribution in [2.75, 3.05) is 11.9 Å². The molecule has 0 radical (unpaired) electrons. The molecule has 0 atom stereocenters. The molecule has 0 spiro atoms. The number of ether oxygens (including phenoxy) is 1. The molecule has 2 rings (SSSR count). The van der Waals surface area contributed by atoms with E-state index in [0.717, 1.165) is 18.0 Å². The van der Waals surface area contributed by atoms with Crippen molar-refractivity contribution in [1.82, 2.24) is 0 Å². The zero-order valence-corrected chi connectivity index (χ0v) is 10.0. The Labute approximate surface area is 102 Å². The second-order valence-corrected chi connectivity index (χ2v) is 3.80. The zero-order chi connectivity index (χ0) is 11.9. The van der Waals surface area contributed by atoms with Gasteiger partial charge in [0.15, 0.2) is 0 Å². The fourth-order valence-corrected chi connectivity index (χ4v) is 1.63. The number of para-hydroxylation sites is 1. The van der Waals surface area contributed by atoms with E-state index >= 15 is 0 Å². The van der Waals surface area contributed by atoms with Crippen LogP contribution in [0.2, 0.25) is 0 Å². The quantitative estimate of drug-likeness (QED) is 0.841. The van der Waals surface area contributed by atoms with E-state index in [1.54, 1.807) is 0 Å². The highest BCUT2D eigenvalue weighted by Crippen LogP contribution is 2.13. The molecule has 2 nitrogen and oxygen atoms in total. The Bertz CT molecular complexity index is 436. The molecule has 0 unspecified atom stereocenters. The summed E-state index contributed by atoms with van der Waals surface area (Å²) in [7, 11) is 0. The van der Waals surface area contributed by atoms with Gasteiger partial charge in [-0.1, -0.05) is 30.3 Å². The minimum atomic E-state index is 0.710. The third kappa shape index (κ3) is 3.52. The number of nitrogens with one attached hydrogen (secondary N) is 1. The first-order valence-corrected chi connectivity index (χ1v) is 5.89. The average molecular weight is 227 g/mol. The molecule has 2 heteroatoms. The van der Waals surface area contributed by atoms with Crippen LogP contribution in [0.15, 0.2) is 54.6 Å².